The van der Waals surface area contributed by atoms with Crippen molar-refractivity contribution in [2.75, 3.05) is 12.3 Å². The Labute approximate surface area is 134 Å². The largest absolute Gasteiger partial charge is 0.356 e. The lowest BCUT2D eigenvalue weighted by Crippen LogP contribution is -2.26. The molecule has 1 unspecified atom stereocenters. The Balaban J connectivity index is 2.03. The van der Waals surface area contributed by atoms with Gasteiger partial charge in [0.2, 0.25) is 5.91 Å². The zero-order valence-electron chi connectivity index (χ0n) is 11.9. The summed E-state index contributed by atoms with van der Waals surface area (Å²) in [4.78, 5) is 12.7. The summed E-state index contributed by atoms with van der Waals surface area (Å²) >= 11 is 5.38. The predicted molar refractivity (Wildman–Crippen MR) is 90.0 cm³/mol. The van der Waals surface area contributed by atoms with Crippen molar-refractivity contribution in [3.05, 3.63) is 28.7 Å². The van der Waals surface area contributed by atoms with Crippen molar-refractivity contribution in [3.63, 3.8) is 0 Å². The first-order chi connectivity index (χ1) is 9.59. The molecule has 0 spiro atoms. The number of carbonyl (C=O) groups excluding carboxylic acids is 1. The van der Waals surface area contributed by atoms with E-state index in [0.29, 0.717) is 6.42 Å². The van der Waals surface area contributed by atoms with Crippen LogP contribution in [0.3, 0.4) is 0 Å². The third-order valence-electron chi connectivity index (χ3n) is 2.81. The molecule has 0 aliphatic heterocycles. The van der Waals surface area contributed by atoms with Crippen LogP contribution >= 0.6 is 27.7 Å². The summed E-state index contributed by atoms with van der Waals surface area (Å²) in [5.41, 5.74) is 5.62. The van der Waals surface area contributed by atoms with Gasteiger partial charge in [0.15, 0.2) is 0 Å². The highest BCUT2D eigenvalue weighted by Crippen LogP contribution is 2.27. The number of unbranched alkanes of at least 4 members (excludes halogenated alkanes) is 1. The van der Waals surface area contributed by atoms with Gasteiger partial charge in [-0.25, -0.2) is 0 Å². The van der Waals surface area contributed by atoms with Gasteiger partial charge in [-0.1, -0.05) is 12.1 Å². The number of nitrogens with one attached hydrogen (secondary N) is 1. The lowest BCUT2D eigenvalue weighted by molar-refractivity contribution is -0.121. The van der Waals surface area contributed by atoms with E-state index in [1.54, 1.807) is 0 Å². The molecule has 1 atom stereocenters. The zero-order valence-corrected chi connectivity index (χ0v) is 14.3. The molecule has 3 N–H and O–H groups in total. The summed E-state index contributed by atoms with van der Waals surface area (Å²) in [5, 5.41) is 2.94. The van der Waals surface area contributed by atoms with Gasteiger partial charge in [-0.2, -0.15) is 0 Å². The Bertz CT molecular complexity index is 413. The molecule has 3 nitrogen and oxygen atoms in total. The number of halogens is 1. The molecule has 0 bridgehead atoms. The van der Waals surface area contributed by atoms with E-state index in [1.165, 1.54) is 4.90 Å². The standard InChI is InChI=1S/C15H23BrN2OS/c1-12(17)8-9-15(19)18-10-4-5-11-20-14-7-3-2-6-13(14)16/h2-3,6-7,12H,4-5,8-11,17H2,1H3,(H,18,19). The van der Waals surface area contributed by atoms with E-state index in [9.17, 15) is 4.79 Å². The topological polar surface area (TPSA) is 55.1 Å². The maximum absolute atomic E-state index is 11.5. The first-order valence-corrected chi connectivity index (χ1v) is 8.77. The number of benzene rings is 1. The average Bonchev–Trinajstić information content (AvgIpc) is 2.42. The van der Waals surface area contributed by atoms with Crippen molar-refractivity contribution in [1.82, 2.24) is 5.32 Å². The molecule has 20 heavy (non-hydrogen) atoms. The first-order valence-electron chi connectivity index (χ1n) is 6.99. The van der Waals surface area contributed by atoms with Crippen molar-refractivity contribution >= 4 is 33.6 Å². The van der Waals surface area contributed by atoms with Gasteiger partial charge in [-0.15, -0.1) is 11.8 Å². The molecular weight excluding hydrogens is 336 g/mol. The van der Waals surface area contributed by atoms with Crippen LogP contribution in [0, 0.1) is 0 Å². The number of nitrogens with two attached hydrogens (primary N) is 1. The van der Waals surface area contributed by atoms with E-state index < -0.39 is 0 Å². The first kappa shape index (κ1) is 17.5. The van der Waals surface area contributed by atoms with Gasteiger partial charge in [0.25, 0.3) is 0 Å². The van der Waals surface area contributed by atoms with E-state index in [4.69, 9.17) is 5.73 Å². The van der Waals surface area contributed by atoms with Crippen LogP contribution in [0.4, 0.5) is 0 Å². The summed E-state index contributed by atoms with van der Waals surface area (Å²) in [7, 11) is 0. The van der Waals surface area contributed by atoms with E-state index in [2.05, 4.69) is 33.4 Å². The molecule has 0 aliphatic carbocycles. The minimum atomic E-state index is 0.0986. The maximum atomic E-state index is 11.5. The van der Waals surface area contributed by atoms with Crippen LogP contribution < -0.4 is 11.1 Å². The van der Waals surface area contributed by atoms with Crippen molar-refractivity contribution < 1.29 is 4.79 Å². The van der Waals surface area contributed by atoms with E-state index >= 15 is 0 Å². The quantitative estimate of drug-likeness (QED) is 0.524. The third kappa shape index (κ3) is 7.92. The number of amides is 1. The Hall–Kier alpha value is -0.520. The second-order valence-electron chi connectivity index (χ2n) is 4.85. The molecule has 1 aromatic rings. The Morgan fingerprint density at radius 2 is 2.15 bits per heavy atom. The van der Waals surface area contributed by atoms with E-state index in [0.717, 1.165) is 36.0 Å². The lowest BCUT2D eigenvalue weighted by Gasteiger charge is -2.07. The molecule has 0 saturated carbocycles. The normalized spacial score (nSPS) is 12.2. The molecule has 112 valence electrons. The Kier molecular flexibility index (Phi) is 8.98. The number of hydrogen-bond donors (Lipinski definition) is 2. The van der Waals surface area contributed by atoms with Gasteiger partial charge in [0.1, 0.15) is 0 Å². The molecule has 0 aromatic heterocycles. The molecule has 0 saturated heterocycles. The summed E-state index contributed by atoms with van der Waals surface area (Å²) in [5.74, 6) is 1.18. The summed E-state index contributed by atoms with van der Waals surface area (Å²) < 4.78 is 1.15. The monoisotopic (exact) mass is 358 g/mol. The number of carbonyl (C=O) groups is 1. The molecule has 1 aromatic carbocycles. The fourth-order valence-corrected chi connectivity index (χ4v) is 3.22. The van der Waals surface area contributed by atoms with Gasteiger partial charge >= 0.3 is 0 Å². The summed E-state index contributed by atoms with van der Waals surface area (Å²) in [6.07, 6.45) is 3.40. The lowest BCUT2D eigenvalue weighted by atomic mass is 10.2. The second-order valence-corrected chi connectivity index (χ2v) is 6.84. The third-order valence-corrected chi connectivity index (χ3v) is 4.93. The molecule has 0 fully saturated rings. The molecule has 1 rings (SSSR count). The Morgan fingerprint density at radius 1 is 1.40 bits per heavy atom. The van der Waals surface area contributed by atoms with Crippen molar-refractivity contribution in [1.29, 1.82) is 0 Å². The molecule has 1 amide bonds. The van der Waals surface area contributed by atoms with Crippen molar-refractivity contribution in [3.8, 4) is 0 Å². The Morgan fingerprint density at radius 3 is 2.85 bits per heavy atom. The number of rotatable bonds is 9. The SMILES string of the molecule is CC(N)CCC(=O)NCCCCSc1ccccc1Br. The minimum absolute atomic E-state index is 0.0986. The minimum Gasteiger partial charge on any atom is -0.356 e. The zero-order chi connectivity index (χ0) is 14.8. The van der Waals surface area contributed by atoms with Gasteiger partial charge in [-0.3, -0.25) is 4.79 Å². The van der Waals surface area contributed by atoms with Gasteiger partial charge in [-0.05, 0) is 60.0 Å². The molecule has 0 radical (unpaired) electrons. The van der Waals surface area contributed by atoms with E-state index in [-0.39, 0.29) is 11.9 Å². The second kappa shape index (κ2) is 10.2. The van der Waals surface area contributed by atoms with Crippen molar-refractivity contribution in [2.24, 2.45) is 5.73 Å². The van der Waals surface area contributed by atoms with Crippen LogP contribution in [-0.4, -0.2) is 24.2 Å². The van der Waals surface area contributed by atoms with Crippen LogP contribution in [0.2, 0.25) is 0 Å². The maximum Gasteiger partial charge on any atom is 0.220 e. The molecular formula is C15H23BrN2OS. The van der Waals surface area contributed by atoms with Crippen LogP contribution in [0.15, 0.2) is 33.6 Å². The van der Waals surface area contributed by atoms with Gasteiger partial charge in [0, 0.05) is 28.4 Å². The average molecular weight is 359 g/mol. The molecule has 0 heterocycles. The van der Waals surface area contributed by atoms with Crippen LogP contribution in [0.1, 0.15) is 32.6 Å². The van der Waals surface area contributed by atoms with Gasteiger partial charge in [0.05, 0.1) is 0 Å². The van der Waals surface area contributed by atoms with Crippen LogP contribution in [-0.2, 0) is 4.79 Å². The predicted octanol–water partition coefficient (Wildman–Crippen LogP) is 3.57. The number of hydrogen-bond acceptors (Lipinski definition) is 3. The highest BCUT2D eigenvalue weighted by Gasteiger charge is 2.03. The van der Waals surface area contributed by atoms with Gasteiger partial charge < -0.3 is 11.1 Å². The molecule has 0 aliphatic rings. The summed E-state index contributed by atoms with van der Waals surface area (Å²) in [6.45, 7) is 2.68. The highest BCUT2D eigenvalue weighted by atomic mass is 79.9. The highest BCUT2D eigenvalue weighted by molar-refractivity contribution is 9.10. The van der Waals surface area contributed by atoms with Crippen LogP contribution in [0.25, 0.3) is 0 Å². The smallest absolute Gasteiger partial charge is 0.220 e. The van der Waals surface area contributed by atoms with Crippen molar-refractivity contribution in [2.45, 2.75) is 43.5 Å². The number of thioether (sulfide) groups is 1. The summed E-state index contributed by atoms with van der Waals surface area (Å²) in [6, 6.07) is 8.34. The fourth-order valence-electron chi connectivity index (χ4n) is 1.65. The fraction of sp³-hybridized carbons (Fsp3) is 0.533. The molecule has 5 heteroatoms. The van der Waals surface area contributed by atoms with Crippen LogP contribution in [0.5, 0.6) is 0 Å². The van der Waals surface area contributed by atoms with E-state index in [1.807, 2.05) is 30.8 Å².